The lowest BCUT2D eigenvalue weighted by atomic mass is 9.76. The molecule has 0 aliphatic rings. The van der Waals surface area contributed by atoms with Gasteiger partial charge in [-0.2, -0.15) is 0 Å². The van der Waals surface area contributed by atoms with E-state index in [1.165, 1.54) is 187 Å². The van der Waals surface area contributed by atoms with Crippen molar-refractivity contribution in [1.82, 2.24) is 8.80 Å². The second-order valence-corrected chi connectivity index (χ2v) is 38.0. The maximum absolute atomic E-state index is 2.66. The summed E-state index contributed by atoms with van der Waals surface area (Å²) in [6.45, 7) is 56.6. The molecule has 4 heterocycles. The van der Waals surface area contributed by atoms with E-state index in [0.717, 1.165) is 0 Å². The first-order chi connectivity index (χ1) is 46.6. The third-order valence-electron chi connectivity index (χ3n) is 22.3. The number of fused-ring (bicyclic) bond motifs is 14. The monoisotopic (exact) mass is 1310 g/mol. The van der Waals surface area contributed by atoms with Crippen LogP contribution in [-0.4, -0.2) is 8.80 Å². The number of rotatable bonds is 6. The third kappa shape index (κ3) is 10.9. The van der Waals surface area contributed by atoms with Gasteiger partial charge >= 0.3 is 0 Å². The Morgan fingerprint density at radius 1 is 0.190 bits per heavy atom. The molecule has 11 aromatic carbocycles. The van der Waals surface area contributed by atoms with Crippen molar-refractivity contribution in [3.05, 3.63) is 239 Å². The van der Waals surface area contributed by atoms with Crippen LogP contribution in [0.3, 0.4) is 0 Å². The molecule has 2 heteroatoms. The van der Waals surface area contributed by atoms with Crippen LogP contribution in [0.25, 0.3) is 143 Å². The fraction of sp³-hybridized carbons (Fsp3) is 0.327. The van der Waals surface area contributed by atoms with Crippen LogP contribution >= 0.6 is 0 Å². The average molecular weight is 1310 g/mol. The van der Waals surface area contributed by atoms with Gasteiger partial charge in [0.2, 0.25) is 0 Å². The molecule has 0 unspecified atom stereocenters. The second-order valence-electron chi connectivity index (χ2n) is 38.0. The highest BCUT2D eigenvalue weighted by atomic mass is 14.9. The van der Waals surface area contributed by atoms with Crippen LogP contribution in [0.15, 0.2) is 194 Å². The molecule has 15 rings (SSSR count). The van der Waals surface area contributed by atoms with Crippen molar-refractivity contribution in [3.8, 4) is 66.8 Å². The summed E-state index contributed by atoms with van der Waals surface area (Å²) in [5, 5.41) is 10.4. The lowest BCUT2D eigenvalue weighted by Gasteiger charge is -2.28. The first-order valence-corrected chi connectivity index (χ1v) is 36.9. The summed E-state index contributed by atoms with van der Waals surface area (Å²) in [6.07, 6.45) is 0. The highest BCUT2D eigenvalue weighted by Gasteiger charge is 2.33. The Hall–Kier alpha value is -8.98. The molecule has 100 heavy (non-hydrogen) atoms. The standard InChI is InChI=1S/C98H104N2/c1-91(2,3)63-43-59(44-64(53-63)92(4,5)6)71-33-29-34-72(60-45-65(93(7,8)9)54-66(46-60)94(10,11)12)83(71)57-39-41-77-81(51-57)99-79-37-27-25-31-75(79)86-88-78-42-40-58(52-82(78)100-80-38-28-26-32-76(80)85(90(88)100)87(77)89(86)99)84-73(61-47-67(95(13,14)15)55-68(48-61)96(16,17)18)35-30-36-74(84)62-49-69(97(19,20)21)56-70(50-62)98(22,23)24/h25-56H,1-24H3. The van der Waals surface area contributed by atoms with Gasteiger partial charge in [-0.05, 0) is 179 Å². The maximum Gasteiger partial charge on any atom is 0.0634 e. The fourth-order valence-corrected chi connectivity index (χ4v) is 16.2. The van der Waals surface area contributed by atoms with Crippen molar-refractivity contribution in [2.45, 2.75) is 209 Å². The minimum absolute atomic E-state index is 0.0595. The zero-order valence-corrected chi connectivity index (χ0v) is 64.4. The number of para-hydroxylation sites is 2. The Morgan fingerprint density at radius 3 is 0.640 bits per heavy atom. The van der Waals surface area contributed by atoms with E-state index in [4.69, 9.17) is 0 Å². The number of benzene rings is 11. The van der Waals surface area contributed by atoms with Crippen LogP contribution < -0.4 is 0 Å². The maximum atomic E-state index is 2.66. The molecule has 0 radical (unpaired) electrons. The predicted octanol–water partition coefficient (Wildman–Crippen LogP) is 28.4. The van der Waals surface area contributed by atoms with Crippen LogP contribution in [0.4, 0.5) is 0 Å². The quantitative estimate of drug-likeness (QED) is 0.157. The number of hydrogen-bond acceptors (Lipinski definition) is 0. The van der Waals surface area contributed by atoms with Crippen LogP contribution in [-0.2, 0) is 43.3 Å². The lowest BCUT2D eigenvalue weighted by Crippen LogP contribution is -2.17. The Kier molecular flexibility index (Phi) is 14.9. The smallest absolute Gasteiger partial charge is 0.0634 e. The number of aromatic nitrogens is 2. The van der Waals surface area contributed by atoms with Gasteiger partial charge in [-0.15, -0.1) is 0 Å². The molecule has 0 saturated carbocycles. The van der Waals surface area contributed by atoms with E-state index in [1.807, 2.05) is 0 Å². The minimum atomic E-state index is -0.0595. The topological polar surface area (TPSA) is 8.82 Å². The molecular formula is C98H104N2. The summed E-state index contributed by atoms with van der Waals surface area (Å²) in [5.74, 6) is 0. The first kappa shape index (κ1) is 66.9. The van der Waals surface area contributed by atoms with Gasteiger partial charge in [-0.3, -0.25) is 0 Å². The summed E-state index contributed by atoms with van der Waals surface area (Å²) in [5.41, 5.74) is 32.8. The molecule has 506 valence electrons. The van der Waals surface area contributed by atoms with Crippen LogP contribution in [0.1, 0.15) is 211 Å². The van der Waals surface area contributed by atoms with Gasteiger partial charge in [-0.25, -0.2) is 0 Å². The summed E-state index contributed by atoms with van der Waals surface area (Å²) in [4.78, 5) is 0. The number of nitrogens with zero attached hydrogens (tertiary/aromatic N) is 2. The van der Waals surface area contributed by atoms with Crippen molar-refractivity contribution < 1.29 is 0 Å². The Balaban J connectivity index is 1.05. The summed E-state index contributed by atoms with van der Waals surface area (Å²) < 4.78 is 5.31. The highest BCUT2D eigenvalue weighted by Crippen LogP contribution is 2.55. The minimum Gasteiger partial charge on any atom is -0.308 e. The zero-order chi connectivity index (χ0) is 71.4. The van der Waals surface area contributed by atoms with Crippen LogP contribution in [0.2, 0.25) is 0 Å². The molecule has 0 fully saturated rings. The molecule has 0 N–H and O–H groups in total. The molecular weight excluding hydrogens is 1210 g/mol. The molecule has 0 saturated heterocycles. The summed E-state index contributed by atoms with van der Waals surface area (Å²) in [7, 11) is 0. The lowest BCUT2D eigenvalue weighted by molar-refractivity contribution is 0.568. The van der Waals surface area contributed by atoms with E-state index in [1.54, 1.807) is 0 Å². The first-order valence-electron chi connectivity index (χ1n) is 36.9. The predicted molar refractivity (Wildman–Crippen MR) is 438 cm³/mol. The van der Waals surface area contributed by atoms with Gasteiger partial charge in [0.25, 0.3) is 0 Å². The SMILES string of the molecule is CC(C)(C)c1cc(-c2cccc(-c3cc(C(C)(C)C)cc(C(C)(C)C)c3)c2-c2ccc3c4c5c6ccccc6n6c7cc(-c8c(-c9cc(C(C)(C)C)cc(C(C)(C)C)c9)cccc8-c8cc(C(C)(C)C)cc(C(C)(C)C)c8)ccc7c(c7c8ccccc8n(c3c2)c74)c56)cc(C(C)(C)C)c1. The van der Waals surface area contributed by atoms with Gasteiger partial charge < -0.3 is 8.80 Å². The molecule has 15 aromatic rings. The summed E-state index contributed by atoms with van der Waals surface area (Å²) in [6, 6.07) is 77.6. The zero-order valence-electron chi connectivity index (χ0n) is 64.4. The van der Waals surface area contributed by atoms with Crippen LogP contribution in [0, 0.1) is 0 Å². The van der Waals surface area contributed by atoms with Gasteiger partial charge in [0.1, 0.15) is 0 Å². The van der Waals surface area contributed by atoms with E-state index in [0.29, 0.717) is 0 Å². The molecule has 0 bridgehead atoms. The average Bonchev–Trinajstić information content (AvgIpc) is 1.49. The third-order valence-corrected chi connectivity index (χ3v) is 22.3. The molecule has 0 amide bonds. The Morgan fingerprint density at radius 2 is 0.410 bits per heavy atom. The molecule has 0 atom stereocenters. The van der Waals surface area contributed by atoms with E-state index < -0.39 is 0 Å². The van der Waals surface area contributed by atoms with Crippen molar-refractivity contribution in [2.75, 3.05) is 0 Å². The second kappa shape index (κ2) is 22.3. The van der Waals surface area contributed by atoms with Gasteiger partial charge in [0.15, 0.2) is 0 Å². The highest BCUT2D eigenvalue weighted by molar-refractivity contribution is 6.45. The molecule has 0 aliphatic carbocycles. The summed E-state index contributed by atoms with van der Waals surface area (Å²) >= 11 is 0. The van der Waals surface area contributed by atoms with Crippen molar-refractivity contribution in [2.24, 2.45) is 0 Å². The Labute approximate surface area is 596 Å². The van der Waals surface area contributed by atoms with E-state index in [9.17, 15) is 0 Å². The molecule has 0 spiro atoms. The Bertz CT molecular complexity index is 5150. The molecule has 0 aliphatic heterocycles. The van der Waals surface area contributed by atoms with Gasteiger partial charge in [-0.1, -0.05) is 336 Å². The fourth-order valence-electron chi connectivity index (χ4n) is 16.2. The normalized spacial score (nSPS) is 13.6. The van der Waals surface area contributed by atoms with Gasteiger partial charge in [0, 0.05) is 43.1 Å². The van der Waals surface area contributed by atoms with Crippen LogP contribution in [0.5, 0.6) is 0 Å². The van der Waals surface area contributed by atoms with Crippen molar-refractivity contribution in [3.63, 3.8) is 0 Å². The van der Waals surface area contributed by atoms with E-state index in [2.05, 4.69) is 369 Å². The molecule has 4 aromatic heterocycles. The van der Waals surface area contributed by atoms with Gasteiger partial charge in [0.05, 0.1) is 33.1 Å². The van der Waals surface area contributed by atoms with Crippen molar-refractivity contribution >= 4 is 76.2 Å². The van der Waals surface area contributed by atoms with Crippen molar-refractivity contribution in [1.29, 1.82) is 0 Å². The largest absolute Gasteiger partial charge is 0.308 e. The molecule has 2 nitrogen and oxygen atoms in total. The van der Waals surface area contributed by atoms with E-state index in [-0.39, 0.29) is 43.3 Å². The number of hydrogen-bond donors (Lipinski definition) is 0. The van der Waals surface area contributed by atoms with E-state index >= 15 is 0 Å².